The van der Waals surface area contributed by atoms with E-state index in [1.807, 2.05) is 0 Å². The summed E-state index contributed by atoms with van der Waals surface area (Å²) < 4.78 is 13.2. The summed E-state index contributed by atoms with van der Waals surface area (Å²) in [6, 6.07) is 6.62. The van der Waals surface area contributed by atoms with Gasteiger partial charge in [0.05, 0.1) is 17.8 Å². The van der Waals surface area contributed by atoms with E-state index < -0.39 is 0 Å². The van der Waals surface area contributed by atoms with Crippen LogP contribution in [-0.2, 0) is 4.79 Å². The number of hydrazine groups is 1. The van der Waals surface area contributed by atoms with E-state index in [4.69, 9.17) is 0 Å². The third-order valence-electron chi connectivity index (χ3n) is 4.84. The van der Waals surface area contributed by atoms with Crippen molar-refractivity contribution in [1.82, 2.24) is 15.3 Å². The molecule has 4 aliphatic heterocycles. The van der Waals surface area contributed by atoms with Crippen LogP contribution in [0.5, 0.6) is 0 Å². The highest BCUT2D eigenvalue weighted by atomic mass is 19.1. The Kier molecular flexibility index (Phi) is 2.79. The van der Waals surface area contributed by atoms with Crippen molar-refractivity contribution < 1.29 is 9.18 Å². The van der Waals surface area contributed by atoms with E-state index in [0.29, 0.717) is 0 Å². The first-order valence-electron chi connectivity index (χ1n) is 7.43. The van der Waals surface area contributed by atoms with Crippen LogP contribution in [0.3, 0.4) is 0 Å². The number of fused-ring (bicyclic) bond motifs is 2. The molecule has 2 bridgehead atoms. The standard InChI is InChI=1S/C16H18FN3O/c1-10(21)20-15(12-2-4-13(17)5-3-12)16-14(18-20)11-6-8-19(16)9-7-11/h2-5,15-16,18H,6-9H2,1H3. The zero-order valence-corrected chi connectivity index (χ0v) is 12.0. The summed E-state index contributed by atoms with van der Waals surface area (Å²) in [5.74, 6) is -0.254. The molecule has 0 aromatic heterocycles. The van der Waals surface area contributed by atoms with Gasteiger partial charge in [0.15, 0.2) is 0 Å². The van der Waals surface area contributed by atoms with Crippen molar-refractivity contribution in [1.29, 1.82) is 0 Å². The third-order valence-corrected chi connectivity index (χ3v) is 4.84. The van der Waals surface area contributed by atoms with Crippen molar-refractivity contribution in [3.8, 4) is 0 Å². The molecular weight excluding hydrogens is 269 g/mol. The van der Waals surface area contributed by atoms with Crippen molar-refractivity contribution in [2.45, 2.75) is 31.8 Å². The number of carbonyl (C=O) groups is 1. The summed E-state index contributed by atoms with van der Waals surface area (Å²) in [6.07, 6.45) is 2.17. The zero-order chi connectivity index (χ0) is 14.6. The highest BCUT2D eigenvalue weighted by molar-refractivity contribution is 5.74. The van der Waals surface area contributed by atoms with Gasteiger partial charge >= 0.3 is 0 Å². The predicted molar refractivity (Wildman–Crippen MR) is 76.4 cm³/mol. The van der Waals surface area contributed by atoms with Gasteiger partial charge in [0.2, 0.25) is 5.91 Å². The quantitative estimate of drug-likeness (QED) is 0.858. The summed E-state index contributed by atoms with van der Waals surface area (Å²) in [5, 5.41) is 1.71. The van der Waals surface area contributed by atoms with E-state index >= 15 is 0 Å². The predicted octanol–water partition coefficient (Wildman–Crippen LogP) is 1.97. The maximum Gasteiger partial charge on any atom is 0.238 e. The van der Waals surface area contributed by atoms with E-state index in [1.54, 1.807) is 24.1 Å². The number of hydrogen-bond acceptors (Lipinski definition) is 3. The van der Waals surface area contributed by atoms with Crippen LogP contribution in [-0.4, -0.2) is 34.9 Å². The largest absolute Gasteiger partial charge is 0.298 e. The molecule has 0 spiro atoms. The fourth-order valence-corrected chi connectivity index (χ4v) is 3.84. The Bertz CT molecular complexity index is 615. The Morgan fingerprint density at radius 1 is 1.19 bits per heavy atom. The highest BCUT2D eigenvalue weighted by Gasteiger charge is 2.48. The molecule has 1 aromatic carbocycles. The molecular formula is C16H18FN3O. The number of nitrogens with one attached hydrogen (secondary N) is 1. The summed E-state index contributed by atoms with van der Waals surface area (Å²) in [7, 11) is 0. The van der Waals surface area contributed by atoms with Crippen LogP contribution >= 0.6 is 0 Å². The van der Waals surface area contributed by atoms with Gasteiger partial charge in [-0.2, -0.15) is 0 Å². The fraction of sp³-hybridized carbons (Fsp3) is 0.438. The second kappa shape index (κ2) is 4.56. The molecule has 5 heteroatoms. The van der Waals surface area contributed by atoms with Gasteiger partial charge in [-0.1, -0.05) is 12.1 Å². The molecule has 0 saturated carbocycles. The van der Waals surface area contributed by atoms with Gasteiger partial charge in [-0.25, -0.2) is 9.40 Å². The minimum Gasteiger partial charge on any atom is -0.298 e. The normalized spacial score (nSPS) is 30.4. The van der Waals surface area contributed by atoms with Crippen LogP contribution in [0.4, 0.5) is 4.39 Å². The van der Waals surface area contributed by atoms with E-state index in [1.165, 1.54) is 23.4 Å². The Balaban J connectivity index is 1.80. The first-order chi connectivity index (χ1) is 10.1. The fourth-order valence-electron chi connectivity index (χ4n) is 3.84. The second-order valence-corrected chi connectivity index (χ2v) is 6.00. The molecule has 4 heterocycles. The molecule has 2 saturated heterocycles. The smallest absolute Gasteiger partial charge is 0.238 e. The van der Waals surface area contributed by atoms with E-state index in [9.17, 15) is 9.18 Å². The summed E-state index contributed by atoms with van der Waals surface area (Å²) in [6.45, 7) is 3.67. The number of nitrogens with zero attached hydrogens (tertiary/aromatic N) is 2. The minimum atomic E-state index is -0.247. The van der Waals surface area contributed by atoms with E-state index in [-0.39, 0.29) is 23.8 Å². The number of hydrogen-bond donors (Lipinski definition) is 1. The van der Waals surface area contributed by atoms with Crippen LogP contribution in [0.15, 0.2) is 35.5 Å². The summed E-state index contributed by atoms with van der Waals surface area (Å²) in [5.41, 5.74) is 6.93. The first kappa shape index (κ1) is 12.8. The Hall–Kier alpha value is -1.88. The summed E-state index contributed by atoms with van der Waals surface area (Å²) >= 11 is 0. The highest BCUT2D eigenvalue weighted by Crippen LogP contribution is 2.43. The van der Waals surface area contributed by atoms with Crippen molar-refractivity contribution in [2.24, 2.45) is 0 Å². The molecule has 5 rings (SSSR count). The molecule has 1 aromatic rings. The molecule has 0 aliphatic carbocycles. The van der Waals surface area contributed by atoms with Crippen LogP contribution in [0.2, 0.25) is 0 Å². The van der Waals surface area contributed by atoms with Gasteiger partial charge in [0.25, 0.3) is 0 Å². The van der Waals surface area contributed by atoms with Crippen LogP contribution < -0.4 is 5.43 Å². The van der Waals surface area contributed by atoms with Crippen molar-refractivity contribution in [3.05, 3.63) is 46.9 Å². The SMILES string of the molecule is CC(=O)N1NC2=C3CCN(CC3)C2C1c1ccc(F)cc1. The molecule has 1 amide bonds. The van der Waals surface area contributed by atoms with Gasteiger partial charge in [-0.15, -0.1) is 0 Å². The zero-order valence-electron chi connectivity index (χ0n) is 12.0. The van der Waals surface area contributed by atoms with Crippen molar-refractivity contribution in [2.75, 3.05) is 13.1 Å². The summed E-state index contributed by atoms with van der Waals surface area (Å²) in [4.78, 5) is 14.5. The minimum absolute atomic E-state index is 0.00701. The molecule has 0 radical (unpaired) electrons. The molecule has 2 atom stereocenters. The third kappa shape index (κ3) is 1.87. The molecule has 4 nitrogen and oxygen atoms in total. The van der Waals surface area contributed by atoms with Gasteiger partial charge in [0.1, 0.15) is 5.82 Å². The van der Waals surface area contributed by atoms with E-state index in [2.05, 4.69) is 10.3 Å². The lowest BCUT2D eigenvalue weighted by molar-refractivity contribution is -0.133. The van der Waals surface area contributed by atoms with Gasteiger partial charge in [-0.3, -0.25) is 15.1 Å². The number of halogens is 1. The first-order valence-corrected chi connectivity index (χ1v) is 7.43. The van der Waals surface area contributed by atoms with E-state index in [0.717, 1.165) is 31.5 Å². The average molecular weight is 287 g/mol. The van der Waals surface area contributed by atoms with Crippen molar-refractivity contribution in [3.63, 3.8) is 0 Å². The number of rotatable bonds is 1. The molecule has 1 N–H and O–H groups in total. The van der Waals surface area contributed by atoms with Gasteiger partial charge < -0.3 is 0 Å². The second-order valence-electron chi connectivity index (χ2n) is 6.00. The lowest BCUT2D eigenvalue weighted by Gasteiger charge is -2.42. The van der Waals surface area contributed by atoms with Crippen LogP contribution in [0, 0.1) is 5.82 Å². The van der Waals surface area contributed by atoms with Gasteiger partial charge in [0, 0.05) is 20.0 Å². The monoisotopic (exact) mass is 287 g/mol. The maximum absolute atomic E-state index is 13.2. The lowest BCUT2D eigenvalue weighted by atomic mass is 9.86. The maximum atomic E-state index is 13.2. The number of amides is 1. The molecule has 4 aliphatic rings. The molecule has 110 valence electrons. The Labute approximate surface area is 123 Å². The van der Waals surface area contributed by atoms with Gasteiger partial charge in [-0.05, 0) is 36.1 Å². The lowest BCUT2D eigenvalue weighted by Crippen LogP contribution is -2.48. The topological polar surface area (TPSA) is 35.6 Å². The number of benzene rings is 1. The molecule has 2 unspecified atom stereocenters. The average Bonchev–Trinajstić information content (AvgIpc) is 2.92. The van der Waals surface area contributed by atoms with Crippen molar-refractivity contribution >= 4 is 5.91 Å². The Morgan fingerprint density at radius 2 is 1.86 bits per heavy atom. The molecule has 21 heavy (non-hydrogen) atoms. The van der Waals surface area contributed by atoms with Crippen LogP contribution in [0.1, 0.15) is 31.4 Å². The number of carbonyl (C=O) groups excluding carboxylic acids is 1. The van der Waals surface area contributed by atoms with Crippen LogP contribution in [0.25, 0.3) is 0 Å². The molecule has 2 fully saturated rings. The Morgan fingerprint density at radius 3 is 2.48 bits per heavy atom. The number of piperidine rings is 1.